The van der Waals surface area contributed by atoms with Crippen LogP contribution in [0, 0.1) is 6.92 Å². The normalized spacial score (nSPS) is 12.2. The van der Waals surface area contributed by atoms with Gasteiger partial charge in [0.1, 0.15) is 5.75 Å². The summed E-state index contributed by atoms with van der Waals surface area (Å²) in [6.45, 7) is 10.2. The molecule has 0 aliphatic carbocycles. The molecule has 1 aromatic rings. The first-order valence-corrected chi connectivity index (χ1v) is 6.57. The van der Waals surface area contributed by atoms with E-state index >= 15 is 0 Å². The standard InChI is InChI=1S/C16H24O/c1-5-7-8-9-14(4)17-16-12-15(6-2)11-10-13(16)3/h6,10-12,14H,2,5,7-9H2,1,3-4H3. The predicted octanol–water partition coefficient (Wildman–Crippen LogP) is 4.99. The van der Waals surface area contributed by atoms with Crippen molar-refractivity contribution in [3.05, 3.63) is 35.9 Å². The summed E-state index contributed by atoms with van der Waals surface area (Å²) >= 11 is 0. The molecule has 1 nitrogen and oxygen atoms in total. The molecule has 17 heavy (non-hydrogen) atoms. The van der Waals surface area contributed by atoms with Gasteiger partial charge in [-0.25, -0.2) is 0 Å². The highest BCUT2D eigenvalue weighted by Gasteiger charge is 2.06. The molecule has 1 atom stereocenters. The Kier molecular flexibility index (Phi) is 5.82. The summed E-state index contributed by atoms with van der Waals surface area (Å²) in [6, 6.07) is 6.22. The number of ether oxygens (including phenoxy) is 1. The number of aryl methyl sites for hydroxylation is 1. The maximum absolute atomic E-state index is 5.99. The fourth-order valence-electron chi connectivity index (χ4n) is 1.83. The van der Waals surface area contributed by atoms with Gasteiger partial charge in [-0.05, 0) is 43.9 Å². The second kappa shape index (κ2) is 7.16. The molecule has 1 aromatic carbocycles. The van der Waals surface area contributed by atoms with Gasteiger partial charge in [-0.2, -0.15) is 0 Å². The highest BCUT2D eigenvalue weighted by atomic mass is 16.5. The zero-order chi connectivity index (χ0) is 12.7. The Labute approximate surface area is 106 Å². The van der Waals surface area contributed by atoms with Crippen molar-refractivity contribution < 1.29 is 4.74 Å². The van der Waals surface area contributed by atoms with E-state index < -0.39 is 0 Å². The lowest BCUT2D eigenvalue weighted by Crippen LogP contribution is -2.12. The molecule has 0 N–H and O–H groups in total. The maximum atomic E-state index is 5.99. The van der Waals surface area contributed by atoms with Crippen LogP contribution in [-0.4, -0.2) is 6.10 Å². The van der Waals surface area contributed by atoms with Gasteiger partial charge in [0.25, 0.3) is 0 Å². The molecule has 0 amide bonds. The zero-order valence-corrected chi connectivity index (χ0v) is 11.3. The van der Waals surface area contributed by atoms with E-state index in [0.29, 0.717) is 6.10 Å². The van der Waals surface area contributed by atoms with Gasteiger partial charge >= 0.3 is 0 Å². The molecule has 0 heterocycles. The number of hydrogen-bond donors (Lipinski definition) is 0. The van der Waals surface area contributed by atoms with Crippen LogP contribution in [0.4, 0.5) is 0 Å². The molecule has 0 aliphatic heterocycles. The monoisotopic (exact) mass is 232 g/mol. The highest BCUT2D eigenvalue weighted by Crippen LogP contribution is 2.22. The van der Waals surface area contributed by atoms with Gasteiger partial charge in [-0.1, -0.05) is 44.6 Å². The van der Waals surface area contributed by atoms with Crippen molar-refractivity contribution in [1.29, 1.82) is 0 Å². The van der Waals surface area contributed by atoms with Crippen molar-refractivity contribution in [1.82, 2.24) is 0 Å². The van der Waals surface area contributed by atoms with Crippen LogP contribution in [0.3, 0.4) is 0 Å². The molecule has 0 saturated carbocycles. The largest absolute Gasteiger partial charge is 0.490 e. The molecule has 0 spiro atoms. The van der Waals surface area contributed by atoms with Gasteiger partial charge in [0, 0.05) is 0 Å². The van der Waals surface area contributed by atoms with Gasteiger partial charge in [-0.15, -0.1) is 0 Å². The van der Waals surface area contributed by atoms with Crippen LogP contribution >= 0.6 is 0 Å². The van der Waals surface area contributed by atoms with E-state index in [-0.39, 0.29) is 0 Å². The fourth-order valence-corrected chi connectivity index (χ4v) is 1.83. The first kappa shape index (κ1) is 13.8. The Morgan fingerprint density at radius 1 is 1.35 bits per heavy atom. The molecular formula is C16H24O. The second-order valence-corrected chi connectivity index (χ2v) is 4.65. The molecule has 0 bridgehead atoms. The van der Waals surface area contributed by atoms with Crippen LogP contribution in [-0.2, 0) is 0 Å². The third-order valence-electron chi connectivity index (χ3n) is 2.99. The molecule has 0 saturated heterocycles. The number of benzene rings is 1. The molecular weight excluding hydrogens is 208 g/mol. The highest BCUT2D eigenvalue weighted by molar-refractivity contribution is 5.51. The van der Waals surface area contributed by atoms with E-state index in [4.69, 9.17) is 4.74 Å². The Morgan fingerprint density at radius 2 is 2.12 bits per heavy atom. The molecule has 1 rings (SSSR count). The number of hydrogen-bond acceptors (Lipinski definition) is 1. The van der Waals surface area contributed by atoms with Crippen molar-refractivity contribution in [2.24, 2.45) is 0 Å². The minimum atomic E-state index is 0.292. The van der Waals surface area contributed by atoms with E-state index in [1.807, 2.05) is 6.08 Å². The van der Waals surface area contributed by atoms with Crippen LogP contribution < -0.4 is 4.74 Å². The van der Waals surface area contributed by atoms with Crippen molar-refractivity contribution >= 4 is 6.08 Å². The first-order chi connectivity index (χ1) is 8.17. The molecule has 0 aliphatic rings. The average molecular weight is 232 g/mol. The van der Waals surface area contributed by atoms with Crippen LogP contribution in [0.5, 0.6) is 5.75 Å². The fraction of sp³-hybridized carbons (Fsp3) is 0.500. The predicted molar refractivity (Wildman–Crippen MR) is 75.5 cm³/mol. The smallest absolute Gasteiger partial charge is 0.123 e. The van der Waals surface area contributed by atoms with Crippen molar-refractivity contribution in [2.45, 2.75) is 52.6 Å². The van der Waals surface area contributed by atoms with E-state index in [1.165, 1.54) is 24.8 Å². The second-order valence-electron chi connectivity index (χ2n) is 4.65. The molecule has 1 heteroatoms. The Hall–Kier alpha value is -1.24. The van der Waals surface area contributed by atoms with Crippen molar-refractivity contribution in [3.8, 4) is 5.75 Å². The minimum Gasteiger partial charge on any atom is -0.490 e. The molecule has 0 aromatic heterocycles. The van der Waals surface area contributed by atoms with E-state index in [2.05, 4.69) is 45.5 Å². The summed E-state index contributed by atoms with van der Waals surface area (Å²) in [6.07, 6.45) is 7.08. The SMILES string of the molecule is C=Cc1ccc(C)c(OC(C)CCCCC)c1. The summed E-state index contributed by atoms with van der Waals surface area (Å²) < 4.78 is 5.99. The topological polar surface area (TPSA) is 9.23 Å². The summed E-state index contributed by atoms with van der Waals surface area (Å²) in [5.41, 5.74) is 2.31. The summed E-state index contributed by atoms with van der Waals surface area (Å²) in [5.74, 6) is 0.992. The Morgan fingerprint density at radius 3 is 2.76 bits per heavy atom. The summed E-state index contributed by atoms with van der Waals surface area (Å²) in [4.78, 5) is 0. The average Bonchev–Trinajstić information content (AvgIpc) is 2.32. The van der Waals surface area contributed by atoms with E-state index in [9.17, 15) is 0 Å². The van der Waals surface area contributed by atoms with Gasteiger partial charge in [0.15, 0.2) is 0 Å². The third-order valence-corrected chi connectivity index (χ3v) is 2.99. The van der Waals surface area contributed by atoms with Crippen molar-refractivity contribution in [3.63, 3.8) is 0 Å². The Balaban J connectivity index is 2.57. The van der Waals surface area contributed by atoms with E-state index in [0.717, 1.165) is 17.7 Å². The van der Waals surface area contributed by atoms with Crippen LogP contribution in [0.15, 0.2) is 24.8 Å². The summed E-state index contributed by atoms with van der Waals surface area (Å²) in [7, 11) is 0. The van der Waals surface area contributed by atoms with Gasteiger partial charge < -0.3 is 4.74 Å². The number of unbranched alkanes of at least 4 members (excludes halogenated alkanes) is 2. The van der Waals surface area contributed by atoms with Crippen LogP contribution in [0.1, 0.15) is 50.7 Å². The van der Waals surface area contributed by atoms with Crippen LogP contribution in [0.2, 0.25) is 0 Å². The zero-order valence-electron chi connectivity index (χ0n) is 11.3. The maximum Gasteiger partial charge on any atom is 0.123 e. The lowest BCUT2D eigenvalue weighted by atomic mass is 10.1. The van der Waals surface area contributed by atoms with Gasteiger partial charge in [0.2, 0.25) is 0 Å². The van der Waals surface area contributed by atoms with E-state index in [1.54, 1.807) is 0 Å². The third kappa shape index (κ3) is 4.64. The number of rotatable bonds is 7. The first-order valence-electron chi connectivity index (χ1n) is 6.57. The van der Waals surface area contributed by atoms with Crippen molar-refractivity contribution in [2.75, 3.05) is 0 Å². The van der Waals surface area contributed by atoms with Gasteiger partial charge in [0.05, 0.1) is 6.10 Å². The molecule has 0 fully saturated rings. The quantitative estimate of drug-likeness (QED) is 0.602. The van der Waals surface area contributed by atoms with Gasteiger partial charge in [-0.3, -0.25) is 0 Å². The lowest BCUT2D eigenvalue weighted by molar-refractivity contribution is 0.205. The molecule has 94 valence electrons. The molecule has 0 radical (unpaired) electrons. The summed E-state index contributed by atoms with van der Waals surface area (Å²) in [5, 5.41) is 0. The minimum absolute atomic E-state index is 0.292. The lowest BCUT2D eigenvalue weighted by Gasteiger charge is -2.16. The molecule has 1 unspecified atom stereocenters. The Bertz CT molecular complexity index is 355. The van der Waals surface area contributed by atoms with Crippen LogP contribution in [0.25, 0.3) is 6.08 Å².